The predicted octanol–water partition coefficient (Wildman–Crippen LogP) is 4.62. The third-order valence-corrected chi connectivity index (χ3v) is 4.30. The van der Waals surface area contributed by atoms with Gasteiger partial charge in [0.05, 0.1) is 6.42 Å². The van der Waals surface area contributed by atoms with Crippen LogP contribution in [-0.2, 0) is 17.8 Å². The number of aliphatic carboxylic acids is 1. The first kappa shape index (κ1) is 20.7. The Kier molecular flexibility index (Phi) is 7.62. The van der Waals surface area contributed by atoms with Gasteiger partial charge in [-0.05, 0) is 54.9 Å². The number of hydrogen-bond donors (Lipinski definition) is 1. The van der Waals surface area contributed by atoms with Gasteiger partial charge in [0.15, 0.2) is 0 Å². The maximum atomic E-state index is 11.1. The first-order chi connectivity index (χ1) is 13.0. The van der Waals surface area contributed by atoms with E-state index in [1.54, 1.807) is 0 Å². The Morgan fingerprint density at radius 1 is 1.15 bits per heavy atom. The zero-order valence-corrected chi connectivity index (χ0v) is 16.7. The number of rotatable bonds is 5. The summed E-state index contributed by atoms with van der Waals surface area (Å²) in [6, 6.07) is 13.9. The third kappa shape index (κ3) is 5.44. The number of nitrogens with zero attached hydrogens (tertiary/aromatic N) is 1. The second kappa shape index (κ2) is 9.93. The van der Waals surface area contributed by atoms with Crippen LogP contribution in [0.5, 0.6) is 5.75 Å². The first-order valence-electron chi connectivity index (χ1n) is 9.45. The molecular formula is C23H29NO3. The summed E-state index contributed by atoms with van der Waals surface area (Å²) in [4.78, 5) is 13.2. The summed E-state index contributed by atoms with van der Waals surface area (Å²) in [7, 11) is 4.11. The summed E-state index contributed by atoms with van der Waals surface area (Å²) in [5.41, 5.74) is 5.19. The summed E-state index contributed by atoms with van der Waals surface area (Å²) in [6.07, 6.45) is 3.16. The molecule has 1 heterocycles. The topological polar surface area (TPSA) is 49.8 Å². The van der Waals surface area contributed by atoms with Crippen molar-refractivity contribution in [2.24, 2.45) is 0 Å². The van der Waals surface area contributed by atoms with Gasteiger partial charge in [0.1, 0.15) is 12.4 Å². The largest absolute Gasteiger partial charge is 0.488 e. The highest BCUT2D eigenvalue weighted by atomic mass is 16.5. The van der Waals surface area contributed by atoms with Crippen molar-refractivity contribution in [2.45, 2.75) is 33.3 Å². The number of benzene rings is 2. The second-order valence-corrected chi connectivity index (χ2v) is 6.56. The van der Waals surface area contributed by atoms with Crippen LogP contribution in [0.1, 0.15) is 42.5 Å². The molecule has 0 aromatic heterocycles. The molecule has 0 saturated carbocycles. The maximum Gasteiger partial charge on any atom is 0.307 e. The average Bonchev–Trinajstić information content (AvgIpc) is 2.80. The molecule has 0 atom stereocenters. The van der Waals surface area contributed by atoms with Crippen molar-refractivity contribution in [2.75, 3.05) is 20.6 Å². The Labute approximate surface area is 162 Å². The van der Waals surface area contributed by atoms with Crippen LogP contribution in [0.15, 0.2) is 48.5 Å². The van der Waals surface area contributed by atoms with Gasteiger partial charge >= 0.3 is 5.97 Å². The van der Waals surface area contributed by atoms with Gasteiger partial charge in [0.25, 0.3) is 0 Å². The molecule has 3 rings (SSSR count). The van der Waals surface area contributed by atoms with Gasteiger partial charge in [-0.1, -0.05) is 50.3 Å². The molecule has 27 heavy (non-hydrogen) atoms. The van der Waals surface area contributed by atoms with Gasteiger partial charge < -0.3 is 14.7 Å². The SMILES string of the molecule is CC.CN(C)CC/C=C1/c2ccccc2COc2ccc(CC(=O)O)cc21. The zero-order chi connectivity index (χ0) is 19.8. The molecule has 0 radical (unpaired) electrons. The molecule has 0 spiro atoms. The van der Waals surface area contributed by atoms with E-state index in [0.29, 0.717) is 6.61 Å². The highest BCUT2D eigenvalue weighted by molar-refractivity contribution is 5.85. The second-order valence-electron chi connectivity index (χ2n) is 6.56. The summed E-state index contributed by atoms with van der Waals surface area (Å²) >= 11 is 0. The van der Waals surface area contributed by atoms with Crippen LogP contribution in [0.4, 0.5) is 0 Å². The van der Waals surface area contributed by atoms with Crippen molar-refractivity contribution in [3.05, 3.63) is 70.8 Å². The van der Waals surface area contributed by atoms with E-state index >= 15 is 0 Å². The average molecular weight is 367 g/mol. The van der Waals surface area contributed by atoms with E-state index in [1.165, 1.54) is 0 Å². The molecule has 0 aliphatic carbocycles. The molecule has 1 N–H and O–H groups in total. The van der Waals surface area contributed by atoms with Gasteiger partial charge in [-0.2, -0.15) is 0 Å². The normalized spacial score (nSPS) is 13.7. The lowest BCUT2D eigenvalue weighted by molar-refractivity contribution is -0.136. The molecule has 144 valence electrons. The number of carbonyl (C=O) groups is 1. The fourth-order valence-corrected chi connectivity index (χ4v) is 3.09. The molecule has 0 fully saturated rings. The molecule has 1 aliphatic heterocycles. The van der Waals surface area contributed by atoms with Crippen molar-refractivity contribution < 1.29 is 14.6 Å². The van der Waals surface area contributed by atoms with Crippen LogP contribution in [0, 0.1) is 0 Å². The minimum absolute atomic E-state index is 0.0138. The summed E-state index contributed by atoms with van der Waals surface area (Å²) in [6.45, 7) is 5.48. The van der Waals surface area contributed by atoms with Crippen LogP contribution in [0.2, 0.25) is 0 Å². The quantitative estimate of drug-likeness (QED) is 0.838. The van der Waals surface area contributed by atoms with E-state index < -0.39 is 5.97 Å². The van der Waals surface area contributed by atoms with Gasteiger partial charge in [-0.25, -0.2) is 0 Å². The lowest BCUT2D eigenvalue weighted by Gasteiger charge is -2.13. The fourth-order valence-electron chi connectivity index (χ4n) is 3.09. The van der Waals surface area contributed by atoms with Crippen LogP contribution in [-0.4, -0.2) is 36.6 Å². The monoisotopic (exact) mass is 367 g/mol. The molecule has 0 amide bonds. The molecular weight excluding hydrogens is 338 g/mol. The van der Waals surface area contributed by atoms with Crippen LogP contribution in [0.25, 0.3) is 5.57 Å². The molecule has 1 aliphatic rings. The number of ether oxygens (including phenoxy) is 1. The van der Waals surface area contributed by atoms with Crippen LogP contribution < -0.4 is 4.74 Å². The smallest absolute Gasteiger partial charge is 0.307 e. The van der Waals surface area contributed by atoms with E-state index in [2.05, 4.69) is 37.2 Å². The van der Waals surface area contributed by atoms with E-state index in [9.17, 15) is 4.79 Å². The predicted molar refractivity (Wildman–Crippen MR) is 110 cm³/mol. The molecule has 0 unspecified atom stereocenters. The molecule has 4 nitrogen and oxygen atoms in total. The molecule has 0 bridgehead atoms. The highest BCUT2D eigenvalue weighted by Gasteiger charge is 2.19. The molecule has 2 aromatic rings. The number of fused-ring (bicyclic) bond motifs is 2. The van der Waals surface area contributed by atoms with Crippen molar-refractivity contribution in [3.63, 3.8) is 0 Å². The summed E-state index contributed by atoms with van der Waals surface area (Å²) in [5.74, 6) is -0.0190. The van der Waals surface area contributed by atoms with Crippen molar-refractivity contribution in [3.8, 4) is 5.75 Å². The fraction of sp³-hybridized carbons (Fsp3) is 0.348. The van der Waals surface area contributed by atoms with E-state index in [4.69, 9.17) is 9.84 Å². The van der Waals surface area contributed by atoms with Gasteiger partial charge in [0, 0.05) is 12.1 Å². The summed E-state index contributed by atoms with van der Waals surface area (Å²) in [5, 5.41) is 9.10. The van der Waals surface area contributed by atoms with E-state index in [0.717, 1.165) is 46.5 Å². The Hall–Kier alpha value is -2.59. The van der Waals surface area contributed by atoms with Crippen LogP contribution >= 0.6 is 0 Å². The van der Waals surface area contributed by atoms with Crippen molar-refractivity contribution in [1.29, 1.82) is 0 Å². The van der Waals surface area contributed by atoms with Crippen molar-refractivity contribution >= 4 is 11.5 Å². The van der Waals surface area contributed by atoms with E-state index in [-0.39, 0.29) is 6.42 Å². The minimum Gasteiger partial charge on any atom is -0.488 e. The van der Waals surface area contributed by atoms with Crippen molar-refractivity contribution in [1.82, 2.24) is 4.90 Å². The number of carboxylic acid groups (broad SMARTS) is 1. The standard InChI is InChI=1S/C21H23NO3.C2H6/c1-22(2)11-5-8-18-17-7-4-3-6-16(17)14-25-20-10-9-15(12-19(18)20)13-21(23)24;1-2/h3-4,6-10,12H,5,11,13-14H2,1-2H3,(H,23,24);1-2H3/b18-8-;. The third-order valence-electron chi connectivity index (χ3n) is 4.30. The lowest BCUT2D eigenvalue weighted by atomic mass is 9.92. The Morgan fingerprint density at radius 3 is 2.59 bits per heavy atom. The summed E-state index contributed by atoms with van der Waals surface area (Å²) < 4.78 is 5.99. The lowest BCUT2D eigenvalue weighted by Crippen LogP contribution is -2.12. The van der Waals surface area contributed by atoms with Gasteiger partial charge in [-0.3, -0.25) is 4.79 Å². The number of hydrogen-bond acceptors (Lipinski definition) is 3. The Morgan fingerprint density at radius 2 is 1.89 bits per heavy atom. The highest BCUT2D eigenvalue weighted by Crippen LogP contribution is 2.37. The number of carboxylic acids is 1. The Balaban J connectivity index is 0.00000126. The molecule has 4 heteroatoms. The first-order valence-corrected chi connectivity index (χ1v) is 9.45. The van der Waals surface area contributed by atoms with Gasteiger partial charge in [0.2, 0.25) is 0 Å². The molecule has 2 aromatic carbocycles. The van der Waals surface area contributed by atoms with Crippen LogP contribution in [0.3, 0.4) is 0 Å². The maximum absolute atomic E-state index is 11.1. The minimum atomic E-state index is -0.826. The molecule has 0 saturated heterocycles. The Bertz CT molecular complexity index is 809. The van der Waals surface area contributed by atoms with Gasteiger partial charge in [-0.15, -0.1) is 0 Å². The zero-order valence-electron chi connectivity index (χ0n) is 16.7. The van der Waals surface area contributed by atoms with E-state index in [1.807, 2.05) is 44.2 Å².